The molecule has 1 aromatic heterocycles. The van der Waals surface area contributed by atoms with Gasteiger partial charge < -0.3 is 14.6 Å². The second kappa shape index (κ2) is 7.97. The van der Waals surface area contributed by atoms with Crippen molar-refractivity contribution in [3.8, 4) is 0 Å². The Morgan fingerprint density at radius 2 is 1.72 bits per heavy atom. The predicted octanol–water partition coefficient (Wildman–Crippen LogP) is 5.11. The quantitative estimate of drug-likeness (QED) is 0.357. The molecule has 3 aromatic rings. The fourth-order valence-corrected chi connectivity index (χ4v) is 5.36. The number of carbonyl (C=O) groups is 2. The van der Waals surface area contributed by atoms with Crippen LogP contribution in [0.4, 0.5) is 0 Å². The summed E-state index contributed by atoms with van der Waals surface area (Å²) >= 11 is 0. The Hall–Kier alpha value is -3.34. The molecule has 5 rings (SSSR count). The first-order chi connectivity index (χ1) is 15.5. The smallest absolute Gasteiger partial charge is 0.295 e. The Bertz CT molecular complexity index is 1230. The summed E-state index contributed by atoms with van der Waals surface area (Å²) in [5.74, 6) is -1.18. The molecule has 5 heteroatoms. The van der Waals surface area contributed by atoms with Gasteiger partial charge in [-0.2, -0.15) is 0 Å². The summed E-state index contributed by atoms with van der Waals surface area (Å²) in [4.78, 5) is 28.4. The van der Waals surface area contributed by atoms with Gasteiger partial charge in [-0.1, -0.05) is 62.2 Å². The highest BCUT2D eigenvalue weighted by Gasteiger charge is 2.49. The molecule has 2 aliphatic rings. The molecule has 1 saturated heterocycles. The van der Waals surface area contributed by atoms with E-state index in [4.69, 9.17) is 0 Å². The van der Waals surface area contributed by atoms with Crippen molar-refractivity contribution < 1.29 is 14.7 Å². The number of para-hydroxylation sites is 1. The molecule has 2 aromatic carbocycles. The zero-order chi connectivity index (χ0) is 22.4. The summed E-state index contributed by atoms with van der Waals surface area (Å²) < 4.78 is 2.02. The van der Waals surface area contributed by atoms with E-state index in [1.807, 2.05) is 66.3 Å². The summed E-state index contributed by atoms with van der Waals surface area (Å²) in [6.07, 6.45) is 6.77. The Balaban J connectivity index is 1.73. The number of hydrogen-bond acceptors (Lipinski definition) is 3. The standard InChI is InChI=1S/C27H28N2O3/c1-3-17-12-14-18(15-13-17)25(30)23-24(21-16-28(2)22-11-7-6-10-20(21)22)29(27(32)26(23)31)19-8-4-5-9-19/h6-7,10-16,19,24,30H,3-5,8-9H2,1-2H3/b25-23+. The van der Waals surface area contributed by atoms with E-state index in [-0.39, 0.29) is 17.4 Å². The number of rotatable bonds is 4. The van der Waals surface area contributed by atoms with Crippen LogP contribution in [0.2, 0.25) is 0 Å². The highest BCUT2D eigenvalue weighted by atomic mass is 16.3. The lowest BCUT2D eigenvalue weighted by Gasteiger charge is -2.30. The van der Waals surface area contributed by atoms with Crippen LogP contribution in [0.5, 0.6) is 0 Å². The van der Waals surface area contributed by atoms with E-state index in [0.29, 0.717) is 5.56 Å². The van der Waals surface area contributed by atoms with Crippen molar-refractivity contribution in [3.63, 3.8) is 0 Å². The molecule has 164 valence electrons. The van der Waals surface area contributed by atoms with Crippen LogP contribution in [0.3, 0.4) is 0 Å². The maximum atomic E-state index is 13.3. The number of hydrogen-bond donors (Lipinski definition) is 1. The number of nitrogens with zero attached hydrogens (tertiary/aromatic N) is 2. The molecule has 5 nitrogen and oxygen atoms in total. The lowest BCUT2D eigenvalue weighted by Crippen LogP contribution is -2.37. The summed E-state index contributed by atoms with van der Waals surface area (Å²) in [5.41, 5.74) is 3.84. The SMILES string of the molecule is CCc1ccc(/C(O)=C2\C(=O)C(=O)N(C3CCCC3)C2c2cn(C)c3ccccc23)cc1. The second-order valence-corrected chi connectivity index (χ2v) is 8.91. The average Bonchev–Trinajstić information content (AvgIpc) is 3.52. The number of benzene rings is 2. The minimum Gasteiger partial charge on any atom is -0.507 e. The number of aliphatic hydroxyl groups is 1. The number of amides is 1. The van der Waals surface area contributed by atoms with E-state index in [2.05, 4.69) is 6.92 Å². The molecular formula is C27H28N2O3. The molecule has 1 atom stereocenters. The van der Waals surface area contributed by atoms with Gasteiger partial charge in [-0.25, -0.2) is 0 Å². The number of aromatic nitrogens is 1. The number of Topliss-reactive ketones (excluding diaryl/α,β-unsaturated/α-hetero) is 1. The van der Waals surface area contributed by atoms with E-state index in [1.165, 1.54) is 0 Å². The van der Waals surface area contributed by atoms with E-state index in [1.54, 1.807) is 4.90 Å². The van der Waals surface area contributed by atoms with Crippen molar-refractivity contribution in [3.05, 3.63) is 77.0 Å². The zero-order valence-electron chi connectivity index (χ0n) is 18.5. The minimum atomic E-state index is -0.591. The molecule has 1 saturated carbocycles. The summed E-state index contributed by atoms with van der Waals surface area (Å²) in [5, 5.41) is 12.3. The molecule has 1 N–H and O–H groups in total. The van der Waals surface area contributed by atoms with Gasteiger partial charge in [0, 0.05) is 41.3 Å². The molecule has 32 heavy (non-hydrogen) atoms. The molecule has 0 spiro atoms. The van der Waals surface area contributed by atoms with Gasteiger partial charge in [-0.15, -0.1) is 0 Å². The highest BCUT2D eigenvalue weighted by Crippen LogP contribution is 2.45. The van der Waals surface area contributed by atoms with E-state index < -0.39 is 17.7 Å². The third kappa shape index (κ3) is 3.15. The van der Waals surface area contributed by atoms with Crippen molar-refractivity contribution in [2.45, 2.75) is 51.1 Å². The summed E-state index contributed by atoms with van der Waals surface area (Å²) in [6, 6.07) is 15.0. The number of likely N-dealkylation sites (tertiary alicyclic amines) is 1. The van der Waals surface area contributed by atoms with E-state index in [0.717, 1.165) is 54.1 Å². The van der Waals surface area contributed by atoms with Gasteiger partial charge in [0.15, 0.2) is 0 Å². The van der Waals surface area contributed by atoms with Crippen molar-refractivity contribution in [1.29, 1.82) is 0 Å². The molecule has 1 aliphatic heterocycles. The first-order valence-electron chi connectivity index (χ1n) is 11.4. The highest BCUT2D eigenvalue weighted by molar-refractivity contribution is 6.46. The second-order valence-electron chi connectivity index (χ2n) is 8.91. The molecule has 1 unspecified atom stereocenters. The van der Waals surface area contributed by atoms with Gasteiger partial charge in [0.2, 0.25) is 0 Å². The Morgan fingerprint density at radius 1 is 1.03 bits per heavy atom. The first-order valence-corrected chi connectivity index (χ1v) is 11.4. The minimum absolute atomic E-state index is 0.0168. The fourth-order valence-electron chi connectivity index (χ4n) is 5.36. The first kappa shape index (κ1) is 20.6. The molecule has 1 aliphatic carbocycles. The Kier molecular flexibility index (Phi) is 5.12. The van der Waals surface area contributed by atoms with Crippen LogP contribution >= 0.6 is 0 Å². The Labute approximate surface area is 188 Å². The number of aliphatic hydroxyl groups excluding tert-OH is 1. The van der Waals surface area contributed by atoms with Crippen LogP contribution in [0, 0.1) is 0 Å². The van der Waals surface area contributed by atoms with E-state index in [9.17, 15) is 14.7 Å². The number of aryl methyl sites for hydroxylation is 2. The van der Waals surface area contributed by atoms with Crippen molar-refractivity contribution in [2.75, 3.05) is 0 Å². The van der Waals surface area contributed by atoms with Gasteiger partial charge in [0.1, 0.15) is 5.76 Å². The zero-order valence-corrected chi connectivity index (χ0v) is 18.5. The maximum absolute atomic E-state index is 13.3. The molecule has 0 radical (unpaired) electrons. The van der Waals surface area contributed by atoms with Gasteiger partial charge >= 0.3 is 0 Å². The lowest BCUT2D eigenvalue weighted by molar-refractivity contribution is -0.141. The van der Waals surface area contributed by atoms with Crippen LogP contribution in [0.15, 0.2) is 60.3 Å². The lowest BCUT2D eigenvalue weighted by atomic mass is 9.94. The van der Waals surface area contributed by atoms with Crippen molar-refractivity contribution in [2.24, 2.45) is 7.05 Å². The molecule has 2 fully saturated rings. The monoisotopic (exact) mass is 428 g/mol. The third-order valence-electron chi connectivity index (χ3n) is 7.06. The largest absolute Gasteiger partial charge is 0.507 e. The number of ketones is 1. The topological polar surface area (TPSA) is 62.5 Å². The van der Waals surface area contributed by atoms with Crippen LogP contribution in [0.1, 0.15) is 55.3 Å². The van der Waals surface area contributed by atoms with Crippen LogP contribution in [0.25, 0.3) is 16.7 Å². The summed E-state index contributed by atoms with van der Waals surface area (Å²) in [6.45, 7) is 2.07. The van der Waals surface area contributed by atoms with Crippen LogP contribution in [-0.2, 0) is 23.1 Å². The number of fused-ring (bicyclic) bond motifs is 1. The average molecular weight is 429 g/mol. The van der Waals surface area contributed by atoms with Crippen molar-refractivity contribution in [1.82, 2.24) is 9.47 Å². The van der Waals surface area contributed by atoms with Gasteiger partial charge in [0.25, 0.3) is 11.7 Å². The Morgan fingerprint density at radius 3 is 2.41 bits per heavy atom. The number of carbonyl (C=O) groups excluding carboxylic acids is 2. The van der Waals surface area contributed by atoms with Gasteiger partial charge in [-0.3, -0.25) is 9.59 Å². The summed E-state index contributed by atoms with van der Waals surface area (Å²) in [7, 11) is 1.97. The molecule has 2 heterocycles. The molecule has 0 bridgehead atoms. The molecule has 1 amide bonds. The normalized spacial score (nSPS) is 21.2. The molecular weight excluding hydrogens is 400 g/mol. The van der Waals surface area contributed by atoms with Gasteiger partial charge in [0.05, 0.1) is 11.6 Å². The third-order valence-corrected chi connectivity index (χ3v) is 7.06. The maximum Gasteiger partial charge on any atom is 0.295 e. The van der Waals surface area contributed by atoms with Crippen LogP contribution < -0.4 is 0 Å². The van der Waals surface area contributed by atoms with Crippen molar-refractivity contribution >= 4 is 28.4 Å². The fraction of sp³-hybridized carbons (Fsp3) is 0.333. The van der Waals surface area contributed by atoms with Gasteiger partial charge in [-0.05, 0) is 30.9 Å². The predicted molar refractivity (Wildman–Crippen MR) is 125 cm³/mol. The van der Waals surface area contributed by atoms with Crippen LogP contribution in [-0.4, -0.2) is 32.3 Å². The van der Waals surface area contributed by atoms with E-state index >= 15 is 0 Å².